The van der Waals surface area contributed by atoms with Gasteiger partial charge in [-0.1, -0.05) is 30.3 Å². The standard InChI is InChI=1S/C19H27N3O6/c1-12(16(25)20-11-15(23)24)21-17(26)14(10-13-8-6-5-7-9-13)22-18(27)28-19(2,3)4/h5-9,12,14H,10-11H2,1-4H3,(H,20,25)(H,21,26)(H,22,27)(H,23,24)/t12-,14+/m1/s1. The molecule has 0 radical (unpaired) electrons. The molecular weight excluding hydrogens is 366 g/mol. The number of alkyl carbamates (subject to hydrolysis) is 1. The Labute approximate surface area is 163 Å². The number of aliphatic carboxylic acids is 1. The number of rotatable bonds is 8. The second-order valence-corrected chi connectivity index (χ2v) is 7.23. The molecule has 1 aromatic rings. The zero-order chi connectivity index (χ0) is 21.3. The molecule has 0 aliphatic rings. The predicted octanol–water partition coefficient (Wildman–Crippen LogP) is 0.828. The highest BCUT2D eigenvalue weighted by Crippen LogP contribution is 2.09. The first-order valence-corrected chi connectivity index (χ1v) is 8.81. The Kier molecular flexibility index (Phi) is 8.43. The van der Waals surface area contributed by atoms with E-state index in [9.17, 15) is 19.2 Å². The number of hydrogen-bond donors (Lipinski definition) is 4. The number of carbonyl (C=O) groups is 4. The van der Waals surface area contributed by atoms with Gasteiger partial charge in [0.05, 0.1) is 0 Å². The summed E-state index contributed by atoms with van der Waals surface area (Å²) in [6, 6.07) is 7.09. The summed E-state index contributed by atoms with van der Waals surface area (Å²) in [5.74, 6) is -2.43. The van der Waals surface area contributed by atoms with Gasteiger partial charge in [0.1, 0.15) is 24.2 Å². The van der Waals surface area contributed by atoms with Crippen LogP contribution in [-0.2, 0) is 25.5 Å². The smallest absolute Gasteiger partial charge is 0.408 e. The second-order valence-electron chi connectivity index (χ2n) is 7.23. The number of ether oxygens (including phenoxy) is 1. The molecule has 0 saturated heterocycles. The van der Waals surface area contributed by atoms with Crippen molar-refractivity contribution >= 4 is 23.9 Å². The Balaban J connectivity index is 2.81. The lowest BCUT2D eigenvalue weighted by molar-refractivity contribution is -0.138. The number of carboxylic acid groups (broad SMARTS) is 1. The number of carboxylic acids is 1. The molecule has 1 aromatic carbocycles. The summed E-state index contributed by atoms with van der Waals surface area (Å²) < 4.78 is 5.20. The number of nitrogens with one attached hydrogen (secondary N) is 3. The molecule has 154 valence electrons. The molecule has 0 spiro atoms. The number of hydrogen-bond acceptors (Lipinski definition) is 5. The number of carbonyl (C=O) groups excluding carboxylic acids is 3. The van der Waals surface area contributed by atoms with Gasteiger partial charge in [-0.05, 0) is 33.3 Å². The van der Waals surface area contributed by atoms with E-state index in [1.165, 1.54) is 6.92 Å². The SMILES string of the molecule is C[C@@H](NC(=O)[C@H](Cc1ccccc1)NC(=O)OC(C)(C)C)C(=O)NCC(=O)O. The minimum Gasteiger partial charge on any atom is -0.480 e. The van der Waals surface area contributed by atoms with Crippen LogP contribution in [0, 0.1) is 0 Å². The normalized spacial score (nSPS) is 13.0. The van der Waals surface area contributed by atoms with E-state index in [1.807, 2.05) is 6.07 Å². The van der Waals surface area contributed by atoms with E-state index in [0.717, 1.165) is 5.56 Å². The summed E-state index contributed by atoms with van der Waals surface area (Å²) in [5, 5.41) is 15.8. The minimum absolute atomic E-state index is 0.190. The Morgan fingerprint density at radius 3 is 2.18 bits per heavy atom. The fourth-order valence-corrected chi connectivity index (χ4v) is 2.20. The van der Waals surface area contributed by atoms with Gasteiger partial charge in [-0.2, -0.15) is 0 Å². The zero-order valence-corrected chi connectivity index (χ0v) is 16.4. The maximum absolute atomic E-state index is 12.6. The zero-order valence-electron chi connectivity index (χ0n) is 16.4. The maximum atomic E-state index is 12.6. The van der Waals surface area contributed by atoms with E-state index in [1.54, 1.807) is 45.0 Å². The van der Waals surface area contributed by atoms with Crippen LogP contribution in [0.5, 0.6) is 0 Å². The molecule has 0 fully saturated rings. The molecule has 0 bridgehead atoms. The Morgan fingerprint density at radius 2 is 1.64 bits per heavy atom. The third-order valence-corrected chi connectivity index (χ3v) is 3.46. The first-order chi connectivity index (χ1) is 13.0. The topological polar surface area (TPSA) is 134 Å². The molecule has 9 heteroatoms. The van der Waals surface area contributed by atoms with Crippen molar-refractivity contribution in [2.45, 2.75) is 51.8 Å². The maximum Gasteiger partial charge on any atom is 0.408 e. The van der Waals surface area contributed by atoms with Crippen molar-refractivity contribution in [1.82, 2.24) is 16.0 Å². The third kappa shape index (κ3) is 9.02. The Morgan fingerprint density at radius 1 is 1.04 bits per heavy atom. The van der Waals surface area contributed by atoms with E-state index < -0.39 is 48.1 Å². The van der Waals surface area contributed by atoms with E-state index in [-0.39, 0.29) is 6.42 Å². The van der Waals surface area contributed by atoms with Crippen LogP contribution in [0.3, 0.4) is 0 Å². The van der Waals surface area contributed by atoms with Crippen LogP contribution in [0.2, 0.25) is 0 Å². The monoisotopic (exact) mass is 393 g/mol. The highest BCUT2D eigenvalue weighted by Gasteiger charge is 2.27. The van der Waals surface area contributed by atoms with Crippen LogP contribution in [-0.4, -0.2) is 53.2 Å². The fourth-order valence-electron chi connectivity index (χ4n) is 2.20. The molecule has 0 aromatic heterocycles. The summed E-state index contributed by atoms with van der Waals surface area (Å²) in [5.41, 5.74) is 0.0729. The van der Waals surface area contributed by atoms with E-state index in [2.05, 4.69) is 16.0 Å². The van der Waals surface area contributed by atoms with Crippen molar-refractivity contribution in [3.63, 3.8) is 0 Å². The van der Waals surface area contributed by atoms with Crippen LogP contribution in [0.15, 0.2) is 30.3 Å². The largest absolute Gasteiger partial charge is 0.480 e. The van der Waals surface area contributed by atoms with Gasteiger partial charge < -0.3 is 25.8 Å². The highest BCUT2D eigenvalue weighted by molar-refractivity contribution is 5.92. The summed E-state index contributed by atoms with van der Waals surface area (Å²) >= 11 is 0. The molecule has 9 nitrogen and oxygen atoms in total. The summed E-state index contributed by atoms with van der Waals surface area (Å²) in [6.07, 6.45) is -0.568. The van der Waals surface area contributed by atoms with Crippen LogP contribution in [0.25, 0.3) is 0 Å². The molecular formula is C19H27N3O6. The van der Waals surface area contributed by atoms with Crippen molar-refractivity contribution in [3.05, 3.63) is 35.9 Å². The van der Waals surface area contributed by atoms with Crippen LogP contribution < -0.4 is 16.0 Å². The van der Waals surface area contributed by atoms with Gasteiger partial charge >= 0.3 is 12.1 Å². The second kappa shape index (κ2) is 10.3. The van der Waals surface area contributed by atoms with Gasteiger partial charge in [0, 0.05) is 6.42 Å². The molecule has 4 N–H and O–H groups in total. The average molecular weight is 393 g/mol. The highest BCUT2D eigenvalue weighted by atomic mass is 16.6. The average Bonchev–Trinajstić information content (AvgIpc) is 2.58. The summed E-state index contributed by atoms with van der Waals surface area (Å²) in [6.45, 7) is 5.97. The van der Waals surface area contributed by atoms with Gasteiger partial charge in [-0.3, -0.25) is 14.4 Å². The first kappa shape index (κ1) is 22.9. The quantitative estimate of drug-likeness (QED) is 0.517. The lowest BCUT2D eigenvalue weighted by Crippen LogP contribution is -2.54. The van der Waals surface area contributed by atoms with Gasteiger partial charge in [-0.15, -0.1) is 0 Å². The van der Waals surface area contributed by atoms with Gasteiger partial charge in [0.25, 0.3) is 0 Å². The summed E-state index contributed by atoms with van der Waals surface area (Å²) in [7, 11) is 0. The van der Waals surface area contributed by atoms with E-state index in [4.69, 9.17) is 9.84 Å². The lowest BCUT2D eigenvalue weighted by atomic mass is 10.0. The molecule has 0 saturated carbocycles. The van der Waals surface area contributed by atoms with Gasteiger partial charge in [-0.25, -0.2) is 4.79 Å². The van der Waals surface area contributed by atoms with Gasteiger partial charge in [0.2, 0.25) is 11.8 Å². The predicted molar refractivity (Wildman–Crippen MR) is 102 cm³/mol. The molecule has 28 heavy (non-hydrogen) atoms. The molecule has 0 aliphatic carbocycles. The molecule has 0 unspecified atom stereocenters. The lowest BCUT2D eigenvalue weighted by Gasteiger charge is -2.24. The Hall–Kier alpha value is -3.10. The molecule has 3 amide bonds. The van der Waals surface area contributed by atoms with Crippen LogP contribution >= 0.6 is 0 Å². The van der Waals surface area contributed by atoms with Crippen molar-refractivity contribution in [1.29, 1.82) is 0 Å². The van der Waals surface area contributed by atoms with Crippen LogP contribution in [0.4, 0.5) is 4.79 Å². The molecule has 1 rings (SSSR count). The number of amides is 3. The first-order valence-electron chi connectivity index (χ1n) is 8.81. The van der Waals surface area contributed by atoms with Crippen molar-refractivity contribution in [2.24, 2.45) is 0 Å². The summed E-state index contributed by atoms with van der Waals surface area (Å²) in [4.78, 5) is 47.1. The Bertz CT molecular complexity index is 699. The third-order valence-electron chi connectivity index (χ3n) is 3.46. The van der Waals surface area contributed by atoms with Gasteiger partial charge in [0.15, 0.2) is 0 Å². The molecule has 0 heterocycles. The van der Waals surface area contributed by atoms with Crippen molar-refractivity contribution < 1.29 is 29.0 Å². The van der Waals surface area contributed by atoms with E-state index >= 15 is 0 Å². The van der Waals surface area contributed by atoms with Crippen molar-refractivity contribution in [3.8, 4) is 0 Å². The number of benzene rings is 1. The molecule has 2 atom stereocenters. The van der Waals surface area contributed by atoms with Crippen LogP contribution in [0.1, 0.15) is 33.3 Å². The van der Waals surface area contributed by atoms with E-state index in [0.29, 0.717) is 0 Å². The fraction of sp³-hybridized carbons (Fsp3) is 0.474. The minimum atomic E-state index is -1.19. The molecule has 0 aliphatic heterocycles. The van der Waals surface area contributed by atoms with Crippen molar-refractivity contribution in [2.75, 3.05) is 6.54 Å².